The number of hydrogen-bond donors (Lipinski definition) is 2. The lowest BCUT2D eigenvalue weighted by Crippen LogP contribution is -2.06. The van der Waals surface area contributed by atoms with E-state index in [1.807, 2.05) is 26.1 Å². The Morgan fingerprint density at radius 1 is 1.11 bits per heavy atom. The van der Waals surface area contributed by atoms with Gasteiger partial charge in [-0.2, -0.15) is 0 Å². The molecule has 2 N–H and O–H groups in total. The van der Waals surface area contributed by atoms with Crippen molar-refractivity contribution < 1.29 is 0 Å². The zero-order valence-electron chi connectivity index (χ0n) is 10.9. The Morgan fingerprint density at radius 3 is 2.47 bits per heavy atom. The molecule has 0 saturated carbocycles. The topological polar surface area (TPSA) is 62.7 Å². The highest BCUT2D eigenvalue weighted by Gasteiger charge is 2.07. The van der Waals surface area contributed by atoms with Gasteiger partial charge in [-0.3, -0.25) is 4.98 Å². The minimum Gasteiger partial charge on any atom is -0.369 e. The van der Waals surface area contributed by atoms with Crippen molar-refractivity contribution in [2.75, 3.05) is 17.2 Å². The number of anilines is 2. The van der Waals surface area contributed by atoms with Crippen LogP contribution < -0.4 is 10.6 Å². The molecule has 0 bridgehead atoms. The van der Waals surface area contributed by atoms with Crippen molar-refractivity contribution >= 4 is 27.6 Å². The number of nitrogens with one attached hydrogen (secondary N) is 2. The second-order valence-electron chi connectivity index (χ2n) is 4.08. The van der Waals surface area contributed by atoms with Gasteiger partial charge in [0.2, 0.25) is 0 Å². The number of aromatic nitrogens is 3. The van der Waals surface area contributed by atoms with Crippen molar-refractivity contribution in [2.45, 2.75) is 20.4 Å². The molecular formula is C13H16BrN5. The number of pyridine rings is 1. The average Bonchev–Trinajstić information content (AvgIpc) is 2.42. The van der Waals surface area contributed by atoms with Gasteiger partial charge in [-0.25, -0.2) is 9.97 Å². The first-order valence-electron chi connectivity index (χ1n) is 6.10. The third-order valence-electron chi connectivity index (χ3n) is 2.57. The molecule has 0 saturated heterocycles. The van der Waals surface area contributed by atoms with Crippen LogP contribution in [0.1, 0.15) is 18.2 Å². The molecule has 5 nitrogen and oxygen atoms in total. The van der Waals surface area contributed by atoms with Crippen LogP contribution in [-0.4, -0.2) is 21.5 Å². The lowest BCUT2D eigenvalue weighted by molar-refractivity contribution is 1.04. The Labute approximate surface area is 121 Å². The molecule has 2 aromatic heterocycles. The summed E-state index contributed by atoms with van der Waals surface area (Å²) in [6.07, 6.45) is 3.40. The molecule has 0 amide bonds. The Kier molecular flexibility index (Phi) is 4.68. The summed E-state index contributed by atoms with van der Waals surface area (Å²) in [5, 5.41) is 6.44. The smallest absolute Gasteiger partial charge is 0.146 e. The molecule has 2 aromatic rings. The summed E-state index contributed by atoms with van der Waals surface area (Å²) >= 11 is 3.50. The number of nitrogens with zero attached hydrogens (tertiary/aromatic N) is 3. The minimum atomic E-state index is 0.675. The molecule has 2 rings (SSSR count). The van der Waals surface area contributed by atoms with Gasteiger partial charge in [0.15, 0.2) is 0 Å². The number of rotatable bonds is 5. The molecule has 100 valence electrons. The van der Waals surface area contributed by atoms with E-state index in [1.165, 1.54) is 0 Å². The van der Waals surface area contributed by atoms with Gasteiger partial charge < -0.3 is 10.6 Å². The van der Waals surface area contributed by atoms with Crippen molar-refractivity contribution in [1.82, 2.24) is 15.0 Å². The Balaban J connectivity index is 2.07. The predicted molar refractivity (Wildman–Crippen MR) is 80.2 cm³/mol. The molecule has 0 aliphatic heterocycles. The summed E-state index contributed by atoms with van der Waals surface area (Å²) in [5.41, 5.74) is 2.13. The molecule has 0 aliphatic carbocycles. The SMILES string of the molecule is CCNc1ncnc(NCc2ccc(C)nc2)c1Br. The molecule has 0 atom stereocenters. The van der Waals surface area contributed by atoms with Gasteiger partial charge in [-0.15, -0.1) is 0 Å². The van der Waals surface area contributed by atoms with Gasteiger partial charge >= 0.3 is 0 Å². The standard InChI is InChI=1S/C13H16BrN5/c1-3-15-12-11(14)13(19-8-18-12)17-7-10-5-4-9(2)16-6-10/h4-6,8H,3,7H2,1-2H3,(H2,15,17,18,19). The first-order chi connectivity index (χ1) is 9.20. The maximum atomic E-state index is 4.26. The summed E-state index contributed by atoms with van der Waals surface area (Å²) in [5.74, 6) is 1.56. The fourth-order valence-corrected chi connectivity index (χ4v) is 2.06. The van der Waals surface area contributed by atoms with Crippen LogP contribution in [0.25, 0.3) is 0 Å². The summed E-state index contributed by atoms with van der Waals surface area (Å²) in [4.78, 5) is 12.7. The molecule has 0 radical (unpaired) electrons. The van der Waals surface area contributed by atoms with Crippen LogP contribution >= 0.6 is 15.9 Å². The molecule has 19 heavy (non-hydrogen) atoms. The van der Waals surface area contributed by atoms with E-state index in [0.717, 1.165) is 33.9 Å². The summed E-state index contributed by atoms with van der Waals surface area (Å²) in [6, 6.07) is 4.05. The molecule has 0 fully saturated rings. The van der Waals surface area contributed by atoms with Crippen molar-refractivity contribution in [1.29, 1.82) is 0 Å². The van der Waals surface area contributed by atoms with Crippen molar-refractivity contribution in [3.05, 3.63) is 40.4 Å². The first-order valence-corrected chi connectivity index (χ1v) is 6.89. The Morgan fingerprint density at radius 2 is 1.84 bits per heavy atom. The number of hydrogen-bond acceptors (Lipinski definition) is 5. The van der Waals surface area contributed by atoms with Crippen LogP contribution in [0.2, 0.25) is 0 Å². The lowest BCUT2D eigenvalue weighted by Gasteiger charge is -2.10. The van der Waals surface area contributed by atoms with Gasteiger partial charge in [0.25, 0.3) is 0 Å². The predicted octanol–water partition coefficient (Wildman–Crippen LogP) is 2.99. The summed E-state index contributed by atoms with van der Waals surface area (Å²) in [7, 11) is 0. The molecule has 6 heteroatoms. The maximum Gasteiger partial charge on any atom is 0.146 e. The van der Waals surface area contributed by atoms with E-state index in [1.54, 1.807) is 6.33 Å². The van der Waals surface area contributed by atoms with Crippen LogP contribution in [0.15, 0.2) is 29.1 Å². The van der Waals surface area contributed by atoms with E-state index in [9.17, 15) is 0 Å². The maximum absolute atomic E-state index is 4.26. The quantitative estimate of drug-likeness (QED) is 0.886. The zero-order chi connectivity index (χ0) is 13.7. The molecule has 0 aliphatic rings. The normalized spacial score (nSPS) is 10.3. The fourth-order valence-electron chi connectivity index (χ4n) is 1.57. The van der Waals surface area contributed by atoms with Crippen LogP contribution in [0, 0.1) is 6.92 Å². The first kappa shape index (κ1) is 13.7. The third-order valence-corrected chi connectivity index (χ3v) is 3.32. The highest BCUT2D eigenvalue weighted by molar-refractivity contribution is 9.10. The van der Waals surface area contributed by atoms with Crippen molar-refractivity contribution in [2.24, 2.45) is 0 Å². The largest absolute Gasteiger partial charge is 0.369 e. The Hall–Kier alpha value is -1.69. The van der Waals surface area contributed by atoms with Gasteiger partial charge in [0, 0.05) is 25.0 Å². The van der Waals surface area contributed by atoms with E-state index in [2.05, 4.69) is 47.6 Å². The summed E-state index contributed by atoms with van der Waals surface area (Å²) in [6.45, 7) is 5.49. The van der Waals surface area contributed by atoms with E-state index in [4.69, 9.17) is 0 Å². The Bertz CT molecular complexity index is 541. The minimum absolute atomic E-state index is 0.675. The summed E-state index contributed by atoms with van der Waals surface area (Å²) < 4.78 is 0.844. The van der Waals surface area contributed by atoms with Crippen LogP contribution in [0.3, 0.4) is 0 Å². The van der Waals surface area contributed by atoms with Crippen LogP contribution in [-0.2, 0) is 6.54 Å². The fraction of sp³-hybridized carbons (Fsp3) is 0.308. The van der Waals surface area contributed by atoms with E-state index >= 15 is 0 Å². The monoisotopic (exact) mass is 321 g/mol. The molecule has 0 unspecified atom stereocenters. The van der Waals surface area contributed by atoms with Crippen molar-refractivity contribution in [3.63, 3.8) is 0 Å². The molecular weight excluding hydrogens is 306 g/mol. The second kappa shape index (κ2) is 6.47. The van der Waals surface area contributed by atoms with E-state index < -0.39 is 0 Å². The molecule has 0 spiro atoms. The van der Waals surface area contributed by atoms with E-state index in [-0.39, 0.29) is 0 Å². The lowest BCUT2D eigenvalue weighted by atomic mass is 10.2. The van der Waals surface area contributed by atoms with E-state index in [0.29, 0.717) is 6.54 Å². The van der Waals surface area contributed by atoms with Crippen LogP contribution in [0.5, 0.6) is 0 Å². The van der Waals surface area contributed by atoms with Gasteiger partial charge in [-0.05, 0) is 41.4 Å². The third kappa shape index (κ3) is 3.64. The zero-order valence-corrected chi connectivity index (χ0v) is 12.5. The molecule has 2 heterocycles. The number of halogens is 1. The highest BCUT2D eigenvalue weighted by Crippen LogP contribution is 2.26. The van der Waals surface area contributed by atoms with Gasteiger partial charge in [0.05, 0.1) is 0 Å². The molecule has 0 aromatic carbocycles. The van der Waals surface area contributed by atoms with Gasteiger partial charge in [0.1, 0.15) is 22.4 Å². The van der Waals surface area contributed by atoms with Gasteiger partial charge in [-0.1, -0.05) is 6.07 Å². The van der Waals surface area contributed by atoms with Crippen molar-refractivity contribution in [3.8, 4) is 0 Å². The second-order valence-corrected chi connectivity index (χ2v) is 4.87. The van der Waals surface area contributed by atoms with Crippen LogP contribution in [0.4, 0.5) is 11.6 Å². The highest BCUT2D eigenvalue weighted by atomic mass is 79.9. The average molecular weight is 322 g/mol. The number of aryl methyl sites for hydroxylation is 1.